The number of nitro groups is 1. The maximum atomic E-state index is 12.8. The molecule has 0 aromatic heterocycles. The Balaban J connectivity index is 0.00000208. The van der Waals surface area contributed by atoms with Crippen molar-refractivity contribution in [1.29, 1.82) is 0 Å². The van der Waals surface area contributed by atoms with Crippen LogP contribution in [-0.2, 0) is 10.0 Å². The number of sulfonamides is 1. The van der Waals surface area contributed by atoms with E-state index >= 15 is 0 Å². The second-order valence-corrected chi connectivity index (χ2v) is 8.53. The van der Waals surface area contributed by atoms with Gasteiger partial charge >= 0.3 is 0 Å². The van der Waals surface area contributed by atoms with Gasteiger partial charge in [-0.05, 0) is 31.7 Å². The van der Waals surface area contributed by atoms with Crippen molar-refractivity contribution in [2.24, 2.45) is 0 Å². The summed E-state index contributed by atoms with van der Waals surface area (Å²) in [7, 11) is -2.22. The van der Waals surface area contributed by atoms with Gasteiger partial charge in [-0.15, -0.1) is 12.4 Å². The predicted molar refractivity (Wildman–Crippen MR) is 93.3 cm³/mol. The zero-order valence-corrected chi connectivity index (χ0v) is 15.4. The van der Waals surface area contributed by atoms with Crippen LogP contribution in [0, 0.1) is 10.1 Å². The molecule has 2 saturated heterocycles. The number of hydrogen-bond donors (Lipinski definition) is 1. The summed E-state index contributed by atoms with van der Waals surface area (Å²) in [6.45, 7) is 0. The summed E-state index contributed by atoms with van der Waals surface area (Å²) in [5.41, 5.74) is -0.225. The Morgan fingerprint density at radius 3 is 2.38 bits per heavy atom. The summed E-state index contributed by atoms with van der Waals surface area (Å²) in [5, 5.41) is 14.1. The summed E-state index contributed by atoms with van der Waals surface area (Å²) in [5.74, 6) is 0. The average Bonchev–Trinajstić information content (AvgIpc) is 2.84. The molecule has 2 aliphatic rings. The first-order chi connectivity index (χ1) is 10.8. The number of non-ortho nitro benzene ring substituents is 1. The minimum Gasteiger partial charge on any atom is -0.311 e. The number of piperidine rings is 1. The molecule has 0 radical (unpaired) electrons. The predicted octanol–water partition coefficient (Wildman–Crippen LogP) is 2.57. The topological polar surface area (TPSA) is 92.6 Å². The van der Waals surface area contributed by atoms with Gasteiger partial charge in [-0.25, -0.2) is 8.42 Å². The molecular weight excluding hydrogens is 377 g/mol. The number of nitrogens with zero attached hydrogens (tertiary/aromatic N) is 2. The molecule has 7 nitrogen and oxygen atoms in total. The first-order valence-electron chi connectivity index (χ1n) is 7.47. The molecule has 10 heteroatoms. The molecule has 3 rings (SSSR count). The van der Waals surface area contributed by atoms with E-state index in [1.165, 1.54) is 16.4 Å². The highest BCUT2D eigenvalue weighted by atomic mass is 35.5. The molecular formula is C14H19Cl2N3O4S. The van der Waals surface area contributed by atoms with Crippen molar-refractivity contribution < 1.29 is 13.3 Å². The Hall–Kier alpha value is -0.930. The third kappa shape index (κ3) is 3.52. The van der Waals surface area contributed by atoms with Crippen LogP contribution in [0.25, 0.3) is 0 Å². The van der Waals surface area contributed by atoms with E-state index in [2.05, 4.69) is 5.32 Å². The lowest BCUT2D eigenvalue weighted by Crippen LogP contribution is -2.48. The highest BCUT2D eigenvalue weighted by molar-refractivity contribution is 7.89. The van der Waals surface area contributed by atoms with Gasteiger partial charge in [-0.1, -0.05) is 11.6 Å². The molecule has 24 heavy (non-hydrogen) atoms. The van der Waals surface area contributed by atoms with Crippen LogP contribution in [-0.4, -0.2) is 42.8 Å². The van der Waals surface area contributed by atoms with Crippen LogP contribution >= 0.6 is 24.0 Å². The Morgan fingerprint density at radius 1 is 1.29 bits per heavy atom. The Morgan fingerprint density at radius 2 is 1.88 bits per heavy atom. The van der Waals surface area contributed by atoms with Gasteiger partial charge in [0.15, 0.2) is 0 Å². The maximum Gasteiger partial charge on any atom is 0.271 e. The summed E-state index contributed by atoms with van der Waals surface area (Å²) in [6, 6.07) is 4.10. The van der Waals surface area contributed by atoms with E-state index in [0.29, 0.717) is 12.1 Å². The van der Waals surface area contributed by atoms with E-state index < -0.39 is 14.9 Å². The fraction of sp³-hybridized carbons (Fsp3) is 0.571. The second kappa shape index (κ2) is 7.13. The summed E-state index contributed by atoms with van der Waals surface area (Å²) in [6.07, 6.45) is 3.70. The van der Waals surface area contributed by atoms with Gasteiger partial charge in [0.2, 0.25) is 10.0 Å². The van der Waals surface area contributed by atoms with E-state index in [0.717, 1.165) is 31.7 Å². The van der Waals surface area contributed by atoms with E-state index in [1.54, 1.807) is 7.05 Å². The van der Waals surface area contributed by atoms with Gasteiger partial charge in [0.1, 0.15) is 4.90 Å². The van der Waals surface area contributed by atoms with E-state index in [1.807, 2.05) is 0 Å². The van der Waals surface area contributed by atoms with Crippen molar-refractivity contribution in [2.45, 2.75) is 48.7 Å². The van der Waals surface area contributed by atoms with Gasteiger partial charge in [0, 0.05) is 37.3 Å². The molecule has 2 bridgehead atoms. The minimum atomic E-state index is -3.78. The quantitative estimate of drug-likeness (QED) is 0.624. The van der Waals surface area contributed by atoms with Gasteiger partial charge in [-0.2, -0.15) is 4.31 Å². The zero-order chi connectivity index (χ0) is 16.8. The number of nitro benzene ring substituents is 1. The molecule has 0 saturated carbocycles. The molecule has 2 atom stereocenters. The zero-order valence-electron chi connectivity index (χ0n) is 13.0. The minimum absolute atomic E-state index is 0. The van der Waals surface area contributed by atoms with Gasteiger partial charge < -0.3 is 5.32 Å². The molecule has 0 spiro atoms. The third-order valence-electron chi connectivity index (χ3n) is 4.75. The molecule has 0 aliphatic carbocycles. The molecule has 2 heterocycles. The van der Waals surface area contributed by atoms with E-state index in [-0.39, 0.29) is 34.1 Å². The molecule has 2 unspecified atom stereocenters. The van der Waals surface area contributed by atoms with Crippen molar-refractivity contribution in [3.63, 3.8) is 0 Å². The van der Waals surface area contributed by atoms with Crippen molar-refractivity contribution in [1.82, 2.24) is 9.62 Å². The van der Waals surface area contributed by atoms with Crippen molar-refractivity contribution in [3.8, 4) is 0 Å². The summed E-state index contributed by atoms with van der Waals surface area (Å²) >= 11 is 5.99. The normalized spacial score (nSPS) is 26.2. The van der Waals surface area contributed by atoms with Crippen LogP contribution in [0.3, 0.4) is 0 Å². The van der Waals surface area contributed by atoms with Gasteiger partial charge in [-0.3, -0.25) is 10.1 Å². The number of rotatable bonds is 4. The highest BCUT2D eigenvalue weighted by Gasteiger charge is 2.39. The van der Waals surface area contributed by atoms with E-state index in [9.17, 15) is 18.5 Å². The van der Waals surface area contributed by atoms with Gasteiger partial charge in [0.25, 0.3) is 5.69 Å². The molecule has 2 fully saturated rings. The third-order valence-corrected chi connectivity index (χ3v) is 7.14. The molecule has 1 aromatic carbocycles. The standard InChI is InChI=1S/C14H18ClN3O4S.ClH/c1-17(12-6-9-2-3-10(7-12)16-9)23(21,22)14-5-4-11(18(19)20)8-13(14)15;/h4-5,8-10,12,16H,2-3,6-7H2,1H3;1H. The number of nitrogens with one attached hydrogen (secondary N) is 1. The Bertz CT molecular complexity index is 732. The lowest BCUT2D eigenvalue weighted by molar-refractivity contribution is -0.384. The number of hydrogen-bond acceptors (Lipinski definition) is 5. The maximum absolute atomic E-state index is 12.8. The number of halogens is 2. The van der Waals surface area contributed by atoms with Crippen LogP contribution < -0.4 is 5.32 Å². The Labute approximate surface area is 152 Å². The molecule has 2 aliphatic heterocycles. The molecule has 1 aromatic rings. The molecule has 134 valence electrons. The number of benzene rings is 1. The number of fused-ring (bicyclic) bond motifs is 2. The Kier molecular flexibility index (Phi) is 5.76. The van der Waals surface area contributed by atoms with Crippen LogP contribution in [0.1, 0.15) is 25.7 Å². The van der Waals surface area contributed by atoms with Crippen molar-refractivity contribution >= 4 is 39.7 Å². The lowest BCUT2D eigenvalue weighted by Gasteiger charge is -2.34. The van der Waals surface area contributed by atoms with Crippen LogP contribution in [0.5, 0.6) is 0 Å². The fourth-order valence-electron chi connectivity index (χ4n) is 3.49. The lowest BCUT2D eigenvalue weighted by atomic mass is 10.0. The highest BCUT2D eigenvalue weighted by Crippen LogP contribution is 2.34. The average molecular weight is 396 g/mol. The molecule has 0 amide bonds. The first kappa shape index (κ1) is 19.4. The van der Waals surface area contributed by atoms with Crippen LogP contribution in [0.4, 0.5) is 5.69 Å². The first-order valence-corrected chi connectivity index (χ1v) is 9.29. The second-order valence-electron chi connectivity index (χ2n) is 6.16. The van der Waals surface area contributed by atoms with Crippen molar-refractivity contribution in [3.05, 3.63) is 33.3 Å². The summed E-state index contributed by atoms with van der Waals surface area (Å²) < 4.78 is 27.0. The molecule has 1 N–H and O–H groups in total. The van der Waals surface area contributed by atoms with Crippen LogP contribution in [0.15, 0.2) is 23.1 Å². The smallest absolute Gasteiger partial charge is 0.271 e. The van der Waals surface area contributed by atoms with Gasteiger partial charge in [0.05, 0.1) is 9.95 Å². The summed E-state index contributed by atoms with van der Waals surface area (Å²) in [4.78, 5) is 10.1. The fourth-order valence-corrected chi connectivity index (χ4v) is 5.38. The van der Waals surface area contributed by atoms with Crippen molar-refractivity contribution in [2.75, 3.05) is 7.05 Å². The largest absolute Gasteiger partial charge is 0.311 e. The van der Waals surface area contributed by atoms with E-state index in [4.69, 9.17) is 11.6 Å². The van der Waals surface area contributed by atoms with Crippen LogP contribution in [0.2, 0.25) is 5.02 Å². The monoisotopic (exact) mass is 395 g/mol. The SMILES string of the molecule is CN(C1CC2CCC(C1)N2)S(=O)(=O)c1ccc([N+](=O)[O-])cc1Cl.Cl.